The van der Waals surface area contributed by atoms with Crippen LogP contribution < -0.4 is 0 Å². The van der Waals surface area contributed by atoms with E-state index in [1.54, 1.807) is 0 Å². The van der Waals surface area contributed by atoms with Gasteiger partial charge in [0, 0.05) is 18.4 Å². The standard InChI is InChI=1S/C16H18N4/c1-11-6-7-13-14(10-11)19-15(18-13)16-17-8-9-20(16)12-4-2-3-5-12/h6-10,12H,2-5H2,1H3,(H,18,19). The van der Waals surface area contributed by atoms with Crippen molar-refractivity contribution >= 4 is 11.0 Å². The molecular weight excluding hydrogens is 248 g/mol. The van der Waals surface area contributed by atoms with Crippen molar-refractivity contribution in [3.8, 4) is 11.6 Å². The lowest BCUT2D eigenvalue weighted by Gasteiger charge is -2.13. The van der Waals surface area contributed by atoms with Gasteiger partial charge in [0.05, 0.1) is 11.0 Å². The van der Waals surface area contributed by atoms with Gasteiger partial charge in [-0.15, -0.1) is 0 Å². The molecule has 0 bridgehead atoms. The molecular formula is C16H18N4. The predicted molar refractivity (Wildman–Crippen MR) is 79.6 cm³/mol. The van der Waals surface area contributed by atoms with E-state index in [4.69, 9.17) is 0 Å². The molecule has 0 saturated heterocycles. The summed E-state index contributed by atoms with van der Waals surface area (Å²) < 4.78 is 2.29. The van der Waals surface area contributed by atoms with Crippen LogP contribution in [0.5, 0.6) is 0 Å². The lowest BCUT2D eigenvalue weighted by atomic mass is 10.2. The fraction of sp³-hybridized carbons (Fsp3) is 0.375. The van der Waals surface area contributed by atoms with Crippen molar-refractivity contribution in [1.82, 2.24) is 19.5 Å². The Kier molecular flexibility index (Phi) is 2.62. The number of nitrogens with one attached hydrogen (secondary N) is 1. The Balaban J connectivity index is 1.80. The fourth-order valence-electron chi connectivity index (χ4n) is 3.20. The molecule has 0 atom stereocenters. The van der Waals surface area contributed by atoms with E-state index in [0.717, 1.165) is 22.7 Å². The van der Waals surface area contributed by atoms with Crippen LogP contribution in [0.1, 0.15) is 37.3 Å². The number of imidazole rings is 2. The van der Waals surface area contributed by atoms with Crippen LogP contribution in [0, 0.1) is 6.92 Å². The summed E-state index contributed by atoms with van der Waals surface area (Å²) in [6, 6.07) is 6.88. The van der Waals surface area contributed by atoms with E-state index in [2.05, 4.69) is 50.8 Å². The molecule has 20 heavy (non-hydrogen) atoms. The van der Waals surface area contributed by atoms with Crippen LogP contribution >= 0.6 is 0 Å². The van der Waals surface area contributed by atoms with Gasteiger partial charge in [-0.3, -0.25) is 0 Å². The third-order valence-corrected chi connectivity index (χ3v) is 4.24. The Morgan fingerprint density at radius 3 is 2.95 bits per heavy atom. The summed E-state index contributed by atoms with van der Waals surface area (Å²) in [7, 11) is 0. The Labute approximate surface area is 117 Å². The largest absolute Gasteiger partial charge is 0.335 e. The number of aromatic amines is 1. The number of nitrogens with zero attached hydrogens (tertiary/aromatic N) is 3. The third-order valence-electron chi connectivity index (χ3n) is 4.24. The molecule has 2 heterocycles. The number of hydrogen-bond donors (Lipinski definition) is 1. The average molecular weight is 266 g/mol. The van der Waals surface area contributed by atoms with Crippen molar-refractivity contribution in [2.24, 2.45) is 0 Å². The normalized spacial score (nSPS) is 16.2. The molecule has 3 aromatic rings. The van der Waals surface area contributed by atoms with Crippen molar-refractivity contribution in [1.29, 1.82) is 0 Å². The molecule has 102 valence electrons. The molecule has 1 saturated carbocycles. The topological polar surface area (TPSA) is 46.5 Å². The van der Waals surface area contributed by atoms with E-state index >= 15 is 0 Å². The summed E-state index contributed by atoms with van der Waals surface area (Å²) in [5.74, 6) is 1.84. The number of benzene rings is 1. The van der Waals surface area contributed by atoms with Gasteiger partial charge < -0.3 is 9.55 Å². The quantitative estimate of drug-likeness (QED) is 0.765. The molecule has 4 rings (SSSR count). The summed E-state index contributed by atoms with van der Waals surface area (Å²) in [4.78, 5) is 12.6. The lowest BCUT2D eigenvalue weighted by molar-refractivity contribution is 0.522. The Hall–Kier alpha value is -2.10. The van der Waals surface area contributed by atoms with Gasteiger partial charge in [0.2, 0.25) is 0 Å². The van der Waals surface area contributed by atoms with Gasteiger partial charge in [0.15, 0.2) is 11.6 Å². The van der Waals surface area contributed by atoms with Gasteiger partial charge in [0.25, 0.3) is 0 Å². The molecule has 0 spiro atoms. The van der Waals surface area contributed by atoms with Crippen LogP contribution in [0.2, 0.25) is 0 Å². The van der Waals surface area contributed by atoms with Gasteiger partial charge in [0.1, 0.15) is 0 Å². The Bertz CT molecular complexity index is 747. The van der Waals surface area contributed by atoms with Gasteiger partial charge in [-0.05, 0) is 37.5 Å². The number of hydrogen-bond acceptors (Lipinski definition) is 2. The molecule has 0 unspecified atom stereocenters. The summed E-state index contributed by atoms with van der Waals surface area (Å²) in [5.41, 5.74) is 3.33. The van der Waals surface area contributed by atoms with Crippen LogP contribution in [0.3, 0.4) is 0 Å². The molecule has 1 N–H and O–H groups in total. The average Bonchev–Trinajstić information content (AvgIpc) is 3.17. The molecule has 4 heteroatoms. The highest BCUT2D eigenvalue weighted by Gasteiger charge is 2.21. The predicted octanol–water partition coefficient (Wildman–Crippen LogP) is 3.85. The van der Waals surface area contributed by atoms with Gasteiger partial charge in [-0.2, -0.15) is 0 Å². The zero-order valence-electron chi connectivity index (χ0n) is 11.6. The smallest absolute Gasteiger partial charge is 0.176 e. The molecule has 0 amide bonds. The highest BCUT2D eigenvalue weighted by molar-refractivity contribution is 5.79. The van der Waals surface area contributed by atoms with Crippen LogP contribution in [-0.4, -0.2) is 19.5 Å². The molecule has 1 aliphatic carbocycles. The molecule has 1 fully saturated rings. The number of H-pyrrole nitrogens is 1. The first kappa shape index (κ1) is 11.7. The first-order chi connectivity index (χ1) is 9.81. The van der Waals surface area contributed by atoms with E-state index in [1.165, 1.54) is 31.2 Å². The summed E-state index contributed by atoms with van der Waals surface area (Å²) in [6.07, 6.45) is 9.12. The zero-order valence-corrected chi connectivity index (χ0v) is 11.6. The van der Waals surface area contributed by atoms with E-state index in [0.29, 0.717) is 6.04 Å². The first-order valence-electron chi connectivity index (χ1n) is 7.31. The summed E-state index contributed by atoms with van der Waals surface area (Å²) >= 11 is 0. The van der Waals surface area contributed by atoms with E-state index in [1.807, 2.05) is 6.20 Å². The van der Waals surface area contributed by atoms with Gasteiger partial charge in [-0.1, -0.05) is 18.9 Å². The highest BCUT2D eigenvalue weighted by atomic mass is 15.1. The van der Waals surface area contributed by atoms with E-state index < -0.39 is 0 Å². The Morgan fingerprint density at radius 2 is 2.10 bits per heavy atom. The van der Waals surface area contributed by atoms with Crippen LogP contribution in [0.15, 0.2) is 30.6 Å². The second-order valence-corrected chi connectivity index (χ2v) is 5.70. The van der Waals surface area contributed by atoms with Crippen molar-refractivity contribution in [3.05, 3.63) is 36.2 Å². The van der Waals surface area contributed by atoms with Crippen molar-refractivity contribution < 1.29 is 0 Å². The summed E-state index contributed by atoms with van der Waals surface area (Å²) in [5, 5.41) is 0. The third kappa shape index (κ3) is 1.83. The maximum atomic E-state index is 4.69. The van der Waals surface area contributed by atoms with E-state index in [9.17, 15) is 0 Å². The Morgan fingerprint density at radius 1 is 1.25 bits per heavy atom. The zero-order chi connectivity index (χ0) is 13.5. The summed E-state index contributed by atoms with van der Waals surface area (Å²) in [6.45, 7) is 2.10. The minimum Gasteiger partial charge on any atom is -0.335 e. The van der Waals surface area contributed by atoms with Crippen LogP contribution in [-0.2, 0) is 0 Å². The molecule has 1 aliphatic rings. The van der Waals surface area contributed by atoms with Crippen molar-refractivity contribution in [3.63, 3.8) is 0 Å². The number of aromatic nitrogens is 4. The maximum Gasteiger partial charge on any atom is 0.176 e. The minimum absolute atomic E-state index is 0.586. The second-order valence-electron chi connectivity index (χ2n) is 5.70. The van der Waals surface area contributed by atoms with Crippen molar-refractivity contribution in [2.75, 3.05) is 0 Å². The number of fused-ring (bicyclic) bond motifs is 1. The first-order valence-corrected chi connectivity index (χ1v) is 7.31. The molecule has 0 aliphatic heterocycles. The number of aryl methyl sites for hydroxylation is 1. The van der Waals surface area contributed by atoms with Crippen molar-refractivity contribution in [2.45, 2.75) is 38.6 Å². The van der Waals surface area contributed by atoms with Gasteiger partial charge in [-0.25, -0.2) is 9.97 Å². The maximum absolute atomic E-state index is 4.69. The number of rotatable bonds is 2. The fourth-order valence-corrected chi connectivity index (χ4v) is 3.20. The highest BCUT2D eigenvalue weighted by Crippen LogP contribution is 2.32. The lowest BCUT2D eigenvalue weighted by Crippen LogP contribution is -2.06. The molecule has 2 aromatic heterocycles. The van der Waals surface area contributed by atoms with Crippen LogP contribution in [0.25, 0.3) is 22.7 Å². The second kappa shape index (κ2) is 4.47. The van der Waals surface area contributed by atoms with E-state index in [-0.39, 0.29) is 0 Å². The van der Waals surface area contributed by atoms with Crippen LogP contribution in [0.4, 0.5) is 0 Å². The molecule has 4 nitrogen and oxygen atoms in total. The SMILES string of the molecule is Cc1ccc2nc(-c3nccn3C3CCCC3)[nH]c2c1. The minimum atomic E-state index is 0.586. The van der Waals surface area contributed by atoms with Gasteiger partial charge >= 0.3 is 0 Å². The molecule has 0 radical (unpaired) electrons. The molecule has 1 aromatic carbocycles. The monoisotopic (exact) mass is 266 g/mol.